The number of aromatic nitrogens is 3. The highest BCUT2D eigenvalue weighted by molar-refractivity contribution is 9.10. The SMILES string of the molecule is Cc1ccc2c(Nc3cc(C(=O)Nc4cccc(Br)c4)ccc3Sc3cccc(O)c3)ncnc2n1. The van der Waals surface area contributed by atoms with Crippen molar-refractivity contribution in [2.24, 2.45) is 0 Å². The summed E-state index contributed by atoms with van der Waals surface area (Å²) in [6.45, 7) is 1.91. The van der Waals surface area contributed by atoms with Gasteiger partial charge in [0.25, 0.3) is 5.91 Å². The Hall–Kier alpha value is -3.95. The molecular formula is C27H20BrN5O2S. The van der Waals surface area contributed by atoms with Crippen molar-refractivity contribution in [3.63, 3.8) is 0 Å². The minimum Gasteiger partial charge on any atom is -0.508 e. The van der Waals surface area contributed by atoms with E-state index in [0.717, 1.165) is 25.3 Å². The third kappa shape index (κ3) is 5.48. The van der Waals surface area contributed by atoms with Crippen molar-refractivity contribution in [3.05, 3.63) is 101 Å². The van der Waals surface area contributed by atoms with Gasteiger partial charge in [0.2, 0.25) is 0 Å². The molecule has 2 aromatic heterocycles. The van der Waals surface area contributed by atoms with Gasteiger partial charge < -0.3 is 15.7 Å². The Morgan fingerprint density at radius 3 is 2.67 bits per heavy atom. The van der Waals surface area contributed by atoms with Crippen molar-refractivity contribution < 1.29 is 9.90 Å². The molecule has 0 bridgehead atoms. The highest BCUT2D eigenvalue weighted by Gasteiger charge is 2.14. The molecule has 7 nitrogen and oxygen atoms in total. The summed E-state index contributed by atoms with van der Waals surface area (Å²) in [4.78, 5) is 28.0. The molecule has 0 aliphatic carbocycles. The zero-order valence-electron chi connectivity index (χ0n) is 19.1. The topological polar surface area (TPSA) is 100 Å². The zero-order valence-corrected chi connectivity index (χ0v) is 21.5. The van der Waals surface area contributed by atoms with Gasteiger partial charge >= 0.3 is 0 Å². The first-order valence-electron chi connectivity index (χ1n) is 11.0. The number of benzene rings is 3. The predicted octanol–water partition coefficient (Wildman–Crippen LogP) is 6.95. The van der Waals surface area contributed by atoms with Gasteiger partial charge in [-0.05, 0) is 73.7 Å². The summed E-state index contributed by atoms with van der Waals surface area (Å²) in [6.07, 6.45) is 1.46. The number of phenolic OH excluding ortho intramolecular Hbond substituents is 1. The molecule has 0 aliphatic rings. The Bertz CT molecular complexity index is 1590. The predicted molar refractivity (Wildman–Crippen MR) is 146 cm³/mol. The van der Waals surface area contributed by atoms with Gasteiger partial charge in [0.1, 0.15) is 17.9 Å². The van der Waals surface area contributed by atoms with Crippen molar-refractivity contribution in [1.29, 1.82) is 0 Å². The van der Waals surface area contributed by atoms with Crippen molar-refractivity contribution in [2.45, 2.75) is 16.7 Å². The molecule has 2 heterocycles. The van der Waals surface area contributed by atoms with Gasteiger partial charge in [0, 0.05) is 31.2 Å². The first kappa shape index (κ1) is 23.8. The van der Waals surface area contributed by atoms with Crippen molar-refractivity contribution in [3.8, 4) is 5.75 Å². The highest BCUT2D eigenvalue weighted by Crippen LogP contribution is 2.37. The van der Waals surface area contributed by atoms with Crippen LogP contribution in [0.1, 0.15) is 16.1 Å². The average molecular weight is 558 g/mol. The lowest BCUT2D eigenvalue weighted by molar-refractivity contribution is 0.102. The maximum atomic E-state index is 13.1. The first-order chi connectivity index (χ1) is 17.4. The van der Waals surface area contributed by atoms with E-state index in [4.69, 9.17) is 0 Å². The Labute approximate surface area is 220 Å². The number of halogens is 1. The Morgan fingerprint density at radius 2 is 1.83 bits per heavy atom. The molecule has 5 rings (SSSR count). The summed E-state index contributed by atoms with van der Waals surface area (Å²) in [5, 5.41) is 17.0. The van der Waals surface area contributed by atoms with Gasteiger partial charge in [-0.1, -0.05) is 39.8 Å². The number of aryl methyl sites for hydroxylation is 1. The van der Waals surface area contributed by atoms with Crippen LogP contribution in [0, 0.1) is 6.92 Å². The fraction of sp³-hybridized carbons (Fsp3) is 0.0370. The maximum absolute atomic E-state index is 13.1. The molecule has 178 valence electrons. The molecule has 0 atom stereocenters. The molecule has 0 aliphatic heterocycles. The summed E-state index contributed by atoms with van der Waals surface area (Å²) in [5.41, 5.74) is 3.29. The second-order valence-corrected chi connectivity index (χ2v) is 9.98. The molecule has 0 radical (unpaired) electrons. The minimum absolute atomic E-state index is 0.183. The van der Waals surface area contributed by atoms with Crippen LogP contribution < -0.4 is 10.6 Å². The van der Waals surface area contributed by atoms with Crippen LogP contribution in [-0.2, 0) is 0 Å². The number of carbonyl (C=O) groups is 1. The molecule has 0 saturated heterocycles. The van der Waals surface area contributed by atoms with Crippen LogP contribution in [0.4, 0.5) is 17.2 Å². The molecule has 3 aromatic carbocycles. The van der Waals surface area contributed by atoms with Crippen LogP contribution in [0.2, 0.25) is 0 Å². The van der Waals surface area contributed by atoms with Crippen LogP contribution in [-0.4, -0.2) is 26.0 Å². The van der Waals surface area contributed by atoms with E-state index in [-0.39, 0.29) is 11.7 Å². The Balaban J connectivity index is 1.52. The van der Waals surface area contributed by atoms with Gasteiger partial charge in [-0.15, -0.1) is 0 Å². The van der Waals surface area contributed by atoms with E-state index >= 15 is 0 Å². The lowest BCUT2D eigenvalue weighted by Gasteiger charge is -2.15. The summed E-state index contributed by atoms with van der Waals surface area (Å²) in [7, 11) is 0. The average Bonchev–Trinajstić information content (AvgIpc) is 2.85. The number of pyridine rings is 1. The van der Waals surface area contributed by atoms with Crippen LogP contribution in [0.15, 0.2) is 99.5 Å². The number of phenols is 1. The molecule has 36 heavy (non-hydrogen) atoms. The largest absolute Gasteiger partial charge is 0.508 e. The number of hydrogen-bond acceptors (Lipinski definition) is 7. The lowest BCUT2D eigenvalue weighted by Crippen LogP contribution is -2.12. The van der Waals surface area contributed by atoms with Crippen molar-refractivity contribution in [2.75, 3.05) is 10.6 Å². The van der Waals surface area contributed by atoms with E-state index in [1.165, 1.54) is 18.1 Å². The molecule has 1 amide bonds. The standard InChI is InChI=1S/C27H20BrN5O2S/c1-16-8-10-22-25(31-16)29-15-30-26(22)33-23-12-17(27(35)32-19-5-2-4-18(28)13-19)9-11-24(23)36-21-7-3-6-20(34)14-21/h2-15,34H,1H3,(H,32,35)(H,29,30,31,33). The van der Waals surface area contributed by atoms with Gasteiger partial charge in [0.15, 0.2) is 5.65 Å². The smallest absolute Gasteiger partial charge is 0.255 e. The Morgan fingerprint density at radius 1 is 0.972 bits per heavy atom. The highest BCUT2D eigenvalue weighted by atomic mass is 79.9. The monoisotopic (exact) mass is 557 g/mol. The van der Waals surface area contributed by atoms with Crippen LogP contribution in [0.25, 0.3) is 11.0 Å². The van der Waals surface area contributed by atoms with Gasteiger partial charge in [-0.2, -0.15) is 0 Å². The summed E-state index contributed by atoms with van der Waals surface area (Å²) in [6, 6.07) is 23.7. The van der Waals surface area contributed by atoms with E-state index in [1.54, 1.807) is 30.3 Å². The summed E-state index contributed by atoms with van der Waals surface area (Å²) < 4.78 is 0.875. The van der Waals surface area contributed by atoms with E-state index in [9.17, 15) is 9.90 Å². The fourth-order valence-corrected chi connectivity index (χ4v) is 4.90. The number of rotatable bonds is 6. The number of amides is 1. The van der Waals surface area contributed by atoms with Gasteiger partial charge in [-0.3, -0.25) is 4.79 Å². The van der Waals surface area contributed by atoms with Crippen LogP contribution >= 0.6 is 27.7 Å². The van der Waals surface area contributed by atoms with Crippen LogP contribution in [0.5, 0.6) is 5.75 Å². The fourth-order valence-electron chi connectivity index (χ4n) is 3.57. The molecule has 3 N–H and O–H groups in total. The van der Waals surface area contributed by atoms with E-state index in [2.05, 4.69) is 41.5 Å². The van der Waals surface area contributed by atoms with Crippen molar-refractivity contribution in [1.82, 2.24) is 15.0 Å². The quantitative estimate of drug-likeness (QED) is 0.207. The number of anilines is 3. The second-order valence-electron chi connectivity index (χ2n) is 7.95. The summed E-state index contributed by atoms with van der Waals surface area (Å²) in [5.74, 6) is 0.521. The molecule has 0 fully saturated rings. The first-order valence-corrected chi connectivity index (χ1v) is 12.6. The maximum Gasteiger partial charge on any atom is 0.255 e. The molecule has 5 aromatic rings. The van der Waals surface area contributed by atoms with Gasteiger partial charge in [0.05, 0.1) is 11.1 Å². The number of carbonyl (C=O) groups excluding carboxylic acids is 1. The summed E-state index contributed by atoms with van der Waals surface area (Å²) >= 11 is 4.89. The second kappa shape index (κ2) is 10.3. The zero-order chi connectivity index (χ0) is 25.1. The number of nitrogens with one attached hydrogen (secondary N) is 2. The number of nitrogens with zero attached hydrogens (tertiary/aromatic N) is 3. The van der Waals surface area contributed by atoms with E-state index < -0.39 is 0 Å². The lowest BCUT2D eigenvalue weighted by atomic mass is 10.1. The van der Waals surface area contributed by atoms with Gasteiger partial charge in [-0.25, -0.2) is 15.0 Å². The molecule has 9 heteroatoms. The number of fused-ring (bicyclic) bond motifs is 1. The minimum atomic E-state index is -0.241. The third-order valence-electron chi connectivity index (χ3n) is 5.26. The number of aromatic hydroxyl groups is 1. The molecule has 0 spiro atoms. The normalized spacial score (nSPS) is 10.8. The van der Waals surface area contributed by atoms with Crippen molar-refractivity contribution >= 4 is 61.8 Å². The Kier molecular flexibility index (Phi) is 6.84. The molecular weight excluding hydrogens is 538 g/mol. The molecule has 0 saturated carbocycles. The van der Waals surface area contributed by atoms with E-state index in [1.807, 2.05) is 55.5 Å². The van der Waals surface area contributed by atoms with E-state index in [0.29, 0.717) is 28.4 Å². The van der Waals surface area contributed by atoms with Crippen LogP contribution in [0.3, 0.4) is 0 Å². The number of hydrogen-bond donors (Lipinski definition) is 3. The molecule has 0 unspecified atom stereocenters. The third-order valence-corrected chi connectivity index (χ3v) is 6.82.